The maximum atomic E-state index is 13.1. The number of benzene rings is 3. The summed E-state index contributed by atoms with van der Waals surface area (Å²) in [6.45, 7) is 3.78. The number of amides is 3. The molecule has 0 saturated carbocycles. The number of imide groups is 1. The van der Waals surface area contributed by atoms with Crippen LogP contribution in [0.1, 0.15) is 33.2 Å². The second-order valence-corrected chi connectivity index (χ2v) is 8.81. The van der Waals surface area contributed by atoms with Gasteiger partial charge in [-0.15, -0.1) is 0 Å². The molecule has 4 rings (SSSR count). The van der Waals surface area contributed by atoms with Crippen molar-refractivity contribution >= 4 is 64.0 Å². The third-order valence-electron chi connectivity index (χ3n) is 5.49. The number of esters is 1. The van der Waals surface area contributed by atoms with Gasteiger partial charge < -0.3 is 15.4 Å². The van der Waals surface area contributed by atoms with Crippen molar-refractivity contribution < 1.29 is 23.9 Å². The summed E-state index contributed by atoms with van der Waals surface area (Å²) in [5.74, 6) is -2.30. The molecular formula is C27H21Cl2N3O5. The van der Waals surface area contributed by atoms with Crippen LogP contribution in [-0.2, 0) is 14.3 Å². The summed E-state index contributed by atoms with van der Waals surface area (Å²) in [6, 6.07) is 17.4. The van der Waals surface area contributed by atoms with Crippen LogP contribution < -0.4 is 15.5 Å². The molecule has 1 aliphatic heterocycles. The van der Waals surface area contributed by atoms with E-state index < -0.39 is 17.8 Å². The summed E-state index contributed by atoms with van der Waals surface area (Å²) in [6.07, 6.45) is 0. The Morgan fingerprint density at radius 1 is 0.892 bits per heavy atom. The van der Waals surface area contributed by atoms with E-state index in [1.165, 1.54) is 30.3 Å². The lowest BCUT2D eigenvalue weighted by molar-refractivity contribution is -0.120. The van der Waals surface area contributed by atoms with E-state index in [1.807, 2.05) is 6.92 Å². The molecule has 0 saturated heterocycles. The number of carbonyl (C=O) groups excluding carboxylic acids is 4. The molecule has 3 aromatic rings. The molecule has 188 valence electrons. The Balaban J connectivity index is 1.50. The highest BCUT2D eigenvalue weighted by atomic mass is 35.5. The van der Waals surface area contributed by atoms with Gasteiger partial charge in [0, 0.05) is 22.0 Å². The Kier molecular flexibility index (Phi) is 7.61. The number of rotatable bonds is 7. The second kappa shape index (κ2) is 10.9. The van der Waals surface area contributed by atoms with Gasteiger partial charge in [0.1, 0.15) is 10.7 Å². The Morgan fingerprint density at radius 2 is 1.62 bits per heavy atom. The van der Waals surface area contributed by atoms with Crippen LogP contribution in [0.25, 0.3) is 0 Å². The number of nitrogens with one attached hydrogen (secondary N) is 2. The Bertz CT molecular complexity index is 1450. The van der Waals surface area contributed by atoms with E-state index in [0.29, 0.717) is 22.0 Å². The van der Waals surface area contributed by atoms with Gasteiger partial charge in [0.2, 0.25) is 0 Å². The van der Waals surface area contributed by atoms with Crippen molar-refractivity contribution in [2.24, 2.45) is 0 Å². The second-order valence-electron chi connectivity index (χ2n) is 8.03. The number of carbonyl (C=O) groups is 4. The van der Waals surface area contributed by atoms with Gasteiger partial charge in [-0.2, -0.15) is 0 Å². The molecule has 3 amide bonds. The summed E-state index contributed by atoms with van der Waals surface area (Å²) < 4.78 is 4.95. The van der Waals surface area contributed by atoms with E-state index in [-0.39, 0.29) is 34.5 Å². The highest BCUT2D eigenvalue weighted by Crippen LogP contribution is 2.30. The van der Waals surface area contributed by atoms with Crippen molar-refractivity contribution in [3.05, 3.63) is 99.2 Å². The highest BCUT2D eigenvalue weighted by Gasteiger charge is 2.39. The first-order chi connectivity index (χ1) is 17.7. The van der Waals surface area contributed by atoms with Gasteiger partial charge in [-0.1, -0.05) is 35.3 Å². The number of hydrogen-bond acceptors (Lipinski definition) is 6. The fraction of sp³-hybridized carbons (Fsp3) is 0.111. The van der Waals surface area contributed by atoms with Gasteiger partial charge in [-0.25, -0.2) is 9.69 Å². The summed E-state index contributed by atoms with van der Waals surface area (Å²) in [5, 5.41) is 5.85. The molecule has 0 atom stereocenters. The lowest BCUT2D eigenvalue weighted by Gasteiger charge is -2.15. The van der Waals surface area contributed by atoms with Crippen molar-refractivity contribution in [1.29, 1.82) is 0 Å². The smallest absolute Gasteiger partial charge is 0.338 e. The van der Waals surface area contributed by atoms with Crippen LogP contribution in [-0.4, -0.2) is 30.3 Å². The first-order valence-corrected chi connectivity index (χ1v) is 12.0. The maximum Gasteiger partial charge on any atom is 0.338 e. The molecule has 0 radical (unpaired) electrons. The van der Waals surface area contributed by atoms with Crippen molar-refractivity contribution in [2.45, 2.75) is 13.8 Å². The SMILES string of the molecule is CCOC(=O)c1ccc(N2C(=O)C(Cl)=C(Nc3cccc(C(=O)Nc4ccc(C)c(Cl)c4)c3)C2=O)cc1. The zero-order valence-electron chi connectivity index (χ0n) is 19.8. The minimum Gasteiger partial charge on any atom is -0.462 e. The lowest BCUT2D eigenvalue weighted by Crippen LogP contribution is -2.32. The van der Waals surface area contributed by atoms with Crippen molar-refractivity contribution in [3.63, 3.8) is 0 Å². The largest absolute Gasteiger partial charge is 0.462 e. The first kappa shape index (κ1) is 25.9. The summed E-state index contributed by atoms with van der Waals surface area (Å²) >= 11 is 12.3. The molecule has 0 bridgehead atoms. The molecule has 0 aromatic heterocycles. The van der Waals surface area contributed by atoms with Crippen molar-refractivity contribution in [3.8, 4) is 0 Å². The van der Waals surface area contributed by atoms with E-state index in [9.17, 15) is 19.2 Å². The van der Waals surface area contributed by atoms with Crippen molar-refractivity contribution in [2.75, 3.05) is 22.1 Å². The highest BCUT2D eigenvalue weighted by molar-refractivity contribution is 6.53. The van der Waals surface area contributed by atoms with Crippen LogP contribution in [0.4, 0.5) is 17.1 Å². The van der Waals surface area contributed by atoms with E-state index >= 15 is 0 Å². The van der Waals surface area contributed by atoms with E-state index in [0.717, 1.165) is 10.5 Å². The molecule has 10 heteroatoms. The Morgan fingerprint density at radius 3 is 2.30 bits per heavy atom. The number of halogens is 2. The number of nitrogens with zero attached hydrogens (tertiary/aromatic N) is 1. The van der Waals surface area contributed by atoms with Crippen LogP contribution in [0.2, 0.25) is 5.02 Å². The molecule has 1 heterocycles. The molecule has 2 N–H and O–H groups in total. The topological polar surface area (TPSA) is 105 Å². The van der Waals surface area contributed by atoms with Gasteiger partial charge in [-0.3, -0.25) is 14.4 Å². The zero-order chi connectivity index (χ0) is 26.7. The Hall–Kier alpha value is -4.14. The number of anilines is 3. The van der Waals surface area contributed by atoms with Crippen LogP contribution in [0.3, 0.4) is 0 Å². The third kappa shape index (κ3) is 5.50. The number of ether oxygens (including phenoxy) is 1. The third-order valence-corrected chi connectivity index (χ3v) is 6.25. The summed E-state index contributed by atoms with van der Waals surface area (Å²) in [7, 11) is 0. The fourth-order valence-corrected chi connectivity index (χ4v) is 3.96. The predicted octanol–water partition coefficient (Wildman–Crippen LogP) is 5.51. The molecule has 0 aliphatic carbocycles. The van der Waals surface area contributed by atoms with Crippen LogP contribution in [0, 0.1) is 6.92 Å². The molecule has 8 nitrogen and oxygen atoms in total. The average molecular weight is 538 g/mol. The van der Waals surface area contributed by atoms with Crippen LogP contribution in [0.15, 0.2) is 77.5 Å². The quantitative estimate of drug-likeness (QED) is 0.304. The zero-order valence-corrected chi connectivity index (χ0v) is 21.3. The van der Waals surface area contributed by atoms with Crippen LogP contribution in [0.5, 0.6) is 0 Å². The molecule has 1 aliphatic rings. The van der Waals surface area contributed by atoms with Gasteiger partial charge in [0.05, 0.1) is 17.9 Å². The molecular weight excluding hydrogens is 517 g/mol. The molecule has 3 aromatic carbocycles. The fourth-order valence-electron chi connectivity index (χ4n) is 3.56. The number of hydrogen-bond donors (Lipinski definition) is 2. The normalized spacial score (nSPS) is 13.1. The molecule has 0 unspecified atom stereocenters. The van der Waals surface area contributed by atoms with Gasteiger partial charge in [0.15, 0.2) is 0 Å². The molecule has 37 heavy (non-hydrogen) atoms. The van der Waals surface area contributed by atoms with Gasteiger partial charge in [-0.05, 0) is 74.0 Å². The van der Waals surface area contributed by atoms with Gasteiger partial charge >= 0.3 is 5.97 Å². The van der Waals surface area contributed by atoms with E-state index in [4.69, 9.17) is 27.9 Å². The minimum absolute atomic E-state index is 0.135. The average Bonchev–Trinajstić information content (AvgIpc) is 3.09. The minimum atomic E-state index is -0.719. The first-order valence-electron chi connectivity index (χ1n) is 11.2. The van der Waals surface area contributed by atoms with E-state index in [2.05, 4.69) is 10.6 Å². The molecule has 0 fully saturated rings. The standard InChI is InChI=1S/C27H21Cl2N3O5/c1-3-37-27(36)16-8-11-20(12-9-16)32-25(34)22(29)23(26(32)35)30-18-6-4-5-17(13-18)24(33)31-19-10-7-15(2)21(28)14-19/h4-14,30H,3H2,1-2H3,(H,31,33). The Labute approximate surface area is 222 Å². The predicted molar refractivity (Wildman–Crippen MR) is 142 cm³/mol. The summed E-state index contributed by atoms with van der Waals surface area (Å²) in [4.78, 5) is 51.4. The molecule has 0 spiro atoms. The lowest BCUT2D eigenvalue weighted by atomic mass is 10.1. The van der Waals surface area contributed by atoms with E-state index in [1.54, 1.807) is 43.3 Å². The van der Waals surface area contributed by atoms with Crippen molar-refractivity contribution in [1.82, 2.24) is 0 Å². The maximum absolute atomic E-state index is 13.1. The van der Waals surface area contributed by atoms with Crippen LogP contribution >= 0.6 is 23.2 Å². The number of aryl methyl sites for hydroxylation is 1. The monoisotopic (exact) mass is 537 g/mol. The van der Waals surface area contributed by atoms with Gasteiger partial charge in [0.25, 0.3) is 17.7 Å². The summed E-state index contributed by atoms with van der Waals surface area (Å²) in [5.41, 5.74) is 2.49.